The van der Waals surface area contributed by atoms with Gasteiger partial charge in [0.15, 0.2) is 0 Å². The molecule has 3 aromatic rings. The molecule has 0 unspecified atom stereocenters. The summed E-state index contributed by atoms with van der Waals surface area (Å²) in [6, 6.07) is 22.7. The molecule has 3 aromatic carbocycles. The number of carbonyl (C=O) groups is 1. The maximum absolute atomic E-state index is 12.6. The van der Waals surface area contributed by atoms with Gasteiger partial charge in [-0.05, 0) is 52.9 Å². The fourth-order valence-corrected chi connectivity index (χ4v) is 4.91. The number of hydrogen-bond donors (Lipinski definition) is 1. The van der Waals surface area contributed by atoms with E-state index in [1.165, 1.54) is 27.9 Å². The standard InChI is InChI=1S/C29H31N3O2/c1-34-28-11-5-4-10-27(28)32-18-16-31(17-19-32)15-7-6-14-30-29(33)23-12-13-26-24(21-23)20-22-8-2-3-9-25(22)26/h2-13,21H,14-20H2,1H3,(H,30,33). The van der Waals surface area contributed by atoms with E-state index in [-0.39, 0.29) is 5.91 Å². The summed E-state index contributed by atoms with van der Waals surface area (Å²) < 4.78 is 5.50. The summed E-state index contributed by atoms with van der Waals surface area (Å²) in [6.45, 7) is 5.41. The maximum Gasteiger partial charge on any atom is 0.251 e. The molecule has 34 heavy (non-hydrogen) atoms. The van der Waals surface area contributed by atoms with Crippen molar-refractivity contribution in [3.05, 3.63) is 95.6 Å². The number of amides is 1. The number of ether oxygens (including phenoxy) is 1. The SMILES string of the molecule is COc1ccccc1N1CCN(CC=CCNC(=O)c2ccc3c(c2)Cc2ccccc2-3)CC1. The number of hydrogen-bond acceptors (Lipinski definition) is 4. The molecule has 1 aliphatic heterocycles. The first-order chi connectivity index (χ1) is 16.7. The van der Waals surface area contributed by atoms with E-state index in [1.54, 1.807) is 7.11 Å². The number of fused-ring (bicyclic) bond motifs is 3. The topological polar surface area (TPSA) is 44.8 Å². The second-order valence-corrected chi connectivity index (χ2v) is 8.85. The number of carbonyl (C=O) groups excluding carboxylic acids is 1. The van der Waals surface area contributed by atoms with Crippen molar-refractivity contribution in [3.63, 3.8) is 0 Å². The molecule has 0 saturated carbocycles. The summed E-state index contributed by atoms with van der Waals surface area (Å²) in [4.78, 5) is 17.5. The van der Waals surface area contributed by atoms with Crippen molar-refractivity contribution >= 4 is 11.6 Å². The van der Waals surface area contributed by atoms with Crippen LogP contribution < -0.4 is 15.0 Å². The number of nitrogens with zero attached hydrogens (tertiary/aromatic N) is 2. The fourth-order valence-electron chi connectivity index (χ4n) is 4.91. The van der Waals surface area contributed by atoms with Crippen molar-refractivity contribution in [3.8, 4) is 16.9 Å². The minimum atomic E-state index is -0.0196. The average molecular weight is 454 g/mol. The van der Waals surface area contributed by atoms with E-state index in [1.807, 2.05) is 30.3 Å². The number of para-hydroxylation sites is 2. The van der Waals surface area contributed by atoms with Crippen LogP contribution in [0.5, 0.6) is 5.75 Å². The van der Waals surface area contributed by atoms with Crippen LogP contribution in [0.25, 0.3) is 11.1 Å². The van der Waals surface area contributed by atoms with Gasteiger partial charge in [0.25, 0.3) is 5.91 Å². The Labute approximate surface area is 201 Å². The lowest BCUT2D eigenvalue weighted by molar-refractivity contribution is 0.0958. The van der Waals surface area contributed by atoms with Gasteiger partial charge in [0.1, 0.15) is 5.75 Å². The first kappa shape index (κ1) is 22.2. The Hall–Kier alpha value is -3.57. The maximum atomic E-state index is 12.6. The summed E-state index contributed by atoms with van der Waals surface area (Å²) in [5.74, 6) is 0.910. The molecule has 5 nitrogen and oxygen atoms in total. The summed E-state index contributed by atoms with van der Waals surface area (Å²) in [5.41, 5.74) is 7.00. The van der Waals surface area contributed by atoms with E-state index in [0.29, 0.717) is 6.54 Å². The Balaban J connectivity index is 1.07. The van der Waals surface area contributed by atoms with Crippen LogP contribution in [0.1, 0.15) is 21.5 Å². The monoisotopic (exact) mass is 453 g/mol. The number of piperazine rings is 1. The summed E-state index contributed by atoms with van der Waals surface area (Å²) >= 11 is 0. The molecule has 1 aliphatic carbocycles. The second kappa shape index (κ2) is 10.1. The third kappa shape index (κ3) is 4.70. The van der Waals surface area contributed by atoms with E-state index in [4.69, 9.17) is 4.74 Å². The third-order valence-corrected chi connectivity index (χ3v) is 6.76. The number of nitrogens with one attached hydrogen (secondary N) is 1. The van der Waals surface area contributed by atoms with Crippen molar-refractivity contribution in [1.29, 1.82) is 0 Å². The molecule has 5 rings (SSSR count). The van der Waals surface area contributed by atoms with E-state index in [9.17, 15) is 4.79 Å². The van der Waals surface area contributed by atoms with E-state index >= 15 is 0 Å². The molecule has 1 amide bonds. The smallest absolute Gasteiger partial charge is 0.251 e. The van der Waals surface area contributed by atoms with Crippen LogP contribution in [0.2, 0.25) is 0 Å². The summed E-state index contributed by atoms with van der Waals surface area (Å²) in [5, 5.41) is 3.02. The van der Waals surface area contributed by atoms with Crippen molar-refractivity contribution in [1.82, 2.24) is 10.2 Å². The zero-order valence-electron chi connectivity index (χ0n) is 19.7. The van der Waals surface area contributed by atoms with Gasteiger partial charge in [-0.2, -0.15) is 0 Å². The van der Waals surface area contributed by atoms with Crippen LogP contribution in [-0.4, -0.2) is 57.2 Å². The van der Waals surface area contributed by atoms with Crippen LogP contribution >= 0.6 is 0 Å². The molecule has 2 aliphatic rings. The summed E-state index contributed by atoms with van der Waals surface area (Å²) in [6.07, 6.45) is 5.10. The van der Waals surface area contributed by atoms with E-state index in [0.717, 1.165) is 50.5 Å². The molecule has 0 bridgehead atoms. The van der Waals surface area contributed by atoms with Gasteiger partial charge in [-0.1, -0.05) is 54.6 Å². The Bertz CT molecular complexity index is 1200. The Morgan fingerprint density at radius 1 is 0.912 bits per heavy atom. The number of anilines is 1. The van der Waals surface area contributed by atoms with Gasteiger partial charge in [-0.3, -0.25) is 9.69 Å². The quantitative estimate of drug-likeness (QED) is 0.422. The highest BCUT2D eigenvalue weighted by Crippen LogP contribution is 2.36. The lowest BCUT2D eigenvalue weighted by Crippen LogP contribution is -2.46. The lowest BCUT2D eigenvalue weighted by Gasteiger charge is -2.36. The predicted molar refractivity (Wildman–Crippen MR) is 138 cm³/mol. The first-order valence-corrected chi connectivity index (χ1v) is 12.0. The third-order valence-electron chi connectivity index (χ3n) is 6.76. The van der Waals surface area contributed by atoms with E-state index < -0.39 is 0 Å². The lowest BCUT2D eigenvalue weighted by atomic mass is 10.0. The molecule has 0 radical (unpaired) electrons. The van der Waals surface area contributed by atoms with Gasteiger partial charge in [-0.15, -0.1) is 0 Å². The highest BCUT2D eigenvalue weighted by Gasteiger charge is 2.20. The van der Waals surface area contributed by atoms with Gasteiger partial charge < -0.3 is 15.0 Å². The van der Waals surface area contributed by atoms with Crippen LogP contribution in [0.15, 0.2) is 78.9 Å². The molecule has 0 aromatic heterocycles. The first-order valence-electron chi connectivity index (χ1n) is 12.0. The van der Waals surface area contributed by atoms with Crippen LogP contribution in [0.3, 0.4) is 0 Å². The largest absolute Gasteiger partial charge is 0.495 e. The van der Waals surface area contributed by atoms with Crippen molar-refractivity contribution in [2.75, 3.05) is 51.3 Å². The fraction of sp³-hybridized carbons (Fsp3) is 0.276. The summed E-state index contributed by atoms with van der Waals surface area (Å²) in [7, 11) is 1.72. The molecule has 1 heterocycles. The van der Waals surface area contributed by atoms with Crippen molar-refractivity contribution in [2.24, 2.45) is 0 Å². The van der Waals surface area contributed by atoms with Gasteiger partial charge in [-0.25, -0.2) is 0 Å². The minimum absolute atomic E-state index is 0.0196. The second-order valence-electron chi connectivity index (χ2n) is 8.85. The normalized spacial score (nSPS) is 15.3. The molecular weight excluding hydrogens is 422 g/mol. The molecule has 5 heteroatoms. The van der Waals surface area contributed by atoms with Crippen molar-refractivity contribution < 1.29 is 9.53 Å². The predicted octanol–water partition coefficient (Wildman–Crippen LogP) is 4.37. The zero-order chi connectivity index (χ0) is 23.3. The van der Waals surface area contributed by atoms with Gasteiger partial charge in [0.2, 0.25) is 0 Å². The van der Waals surface area contributed by atoms with Crippen LogP contribution in [0, 0.1) is 0 Å². The van der Waals surface area contributed by atoms with Gasteiger partial charge in [0.05, 0.1) is 12.8 Å². The highest BCUT2D eigenvalue weighted by atomic mass is 16.5. The van der Waals surface area contributed by atoms with E-state index in [2.05, 4.69) is 63.7 Å². The Morgan fingerprint density at radius 2 is 1.68 bits per heavy atom. The average Bonchev–Trinajstić information content (AvgIpc) is 3.26. The molecule has 1 N–H and O–H groups in total. The molecule has 1 fully saturated rings. The molecule has 0 spiro atoms. The van der Waals surface area contributed by atoms with Gasteiger partial charge >= 0.3 is 0 Å². The Morgan fingerprint density at radius 3 is 2.53 bits per heavy atom. The van der Waals surface area contributed by atoms with Crippen LogP contribution in [0.4, 0.5) is 5.69 Å². The highest BCUT2D eigenvalue weighted by molar-refractivity contribution is 5.95. The van der Waals surface area contributed by atoms with Crippen molar-refractivity contribution in [2.45, 2.75) is 6.42 Å². The number of benzene rings is 3. The zero-order valence-corrected chi connectivity index (χ0v) is 19.7. The number of methoxy groups -OCH3 is 1. The molecule has 174 valence electrons. The Kier molecular flexibility index (Phi) is 6.63. The van der Waals surface area contributed by atoms with Crippen LogP contribution in [-0.2, 0) is 6.42 Å². The van der Waals surface area contributed by atoms with Gasteiger partial charge in [0, 0.05) is 44.8 Å². The number of rotatable bonds is 7. The molecule has 1 saturated heterocycles. The molecule has 0 atom stereocenters. The minimum Gasteiger partial charge on any atom is -0.495 e. The molecular formula is C29H31N3O2.